The number of hydrogen-bond donors (Lipinski definition) is 2. The third-order valence-corrected chi connectivity index (χ3v) is 16.3. The van der Waals surface area contributed by atoms with E-state index in [0.29, 0.717) is 0 Å². The van der Waals surface area contributed by atoms with Crippen molar-refractivity contribution in [3.63, 3.8) is 0 Å². The molecular weight excluding hydrogens is 1040 g/mol. The molecule has 0 aliphatic heterocycles. The molecule has 0 saturated carbocycles. The Balaban J connectivity index is 0.000000432. The molecule has 0 atom stereocenters. The monoisotopic (exact) mass is 1160 g/mol. The van der Waals surface area contributed by atoms with E-state index in [1.54, 1.807) is 0 Å². The molecule has 0 fully saturated rings. The van der Waals surface area contributed by atoms with E-state index >= 15 is 0 Å². The number of likely N-dealkylation sites (N-methyl/N-ethyl adjacent to an activating group) is 1. The summed E-state index contributed by atoms with van der Waals surface area (Å²) in [6.07, 6.45) is 22.2. The third kappa shape index (κ3) is 23.3. The maximum atomic E-state index is 5.39. The average molecular weight is 1160 g/mol. The van der Waals surface area contributed by atoms with Crippen LogP contribution in [0.3, 0.4) is 0 Å². The quantitative estimate of drug-likeness (QED) is 0.0197. The van der Waals surface area contributed by atoms with Crippen molar-refractivity contribution in [2.45, 2.75) is 232 Å². The summed E-state index contributed by atoms with van der Waals surface area (Å²) in [4.78, 5) is 2.34. The molecule has 0 radical (unpaired) electrons. The summed E-state index contributed by atoms with van der Waals surface area (Å²) in [7, 11) is 2.19. The molecule has 0 heterocycles. The number of hydrogen-bond acceptors (Lipinski definition) is 4. The van der Waals surface area contributed by atoms with Crippen LogP contribution in [0.2, 0.25) is 0 Å². The van der Waals surface area contributed by atoms with Gasteiger partial charge in [0.05, 0.1) is 5.76 Å². The van der Waals surface area contributed by atoms with Gasteiger partial charge in [-0.2, -0.15) is 0 Å². The van der Waals surface area contributed by atoms with Crippen molar-refractivity contribution in [1.82, 2.24) is 15.5 Å². The minimum atomic E-state index is -0.0359. The number of benzene rings is 7. The summed E-state index contributed by atoms with van der Waals surface area (Å²) in [5, 5.41) is 18.1. The fourth-order valence-electron chi connectivity index (χ4n) is 11.7. The van der Waals surface area contributed by atoms with Crippen LogP contribution >= 0.6 is 0 Å². The van der Waals surface area contributed by atoms with Crippen molar-refractivity contribution < 1.29 is 4.74 Å². The fourth-order valence-corrected chi connectivity index (χ4v) is 11.7. The number of fused-ring (bicyclic) bond motifs is 4. The number of allylic oxidation sites excluding steroid dienone is 4. The minimum Gasteiger partial charge on any atom is -0.493 e. The van der Waals surface area contributed by atoms with Crippen molar-refractivity contribution >= 4 is 48.8 Å². The number of rotatable bonds is 31. The minimum absolute atomic E-state index is 0. The molecule has 86 heavy (non-hydrogen) atoms. The van der Waals surface area contributed by atoms with Gasteiger partial charge in [-0.05, 0) is 160 Å². The Hall–Kier alpha value is -6.52. The second-order valence-corrected chi connectivity index (χ2v) is 25.4. The van der Waals surface area contributed by atoms with Crippen LogP contribution < -0.4 is 10.6 Å². The number of ether oxygens (including phenoxy) is 1. The standard InChI is InChI=1S/C47H64N2.C24H29N.C8H16O.C2H6.CH4/c1-8-10-11-12-13-14-15-16-17-18-19-24-31-48-38(6)39-29-30-40(41(34-39)32-36(3)4)33-37(5)49(7)35-47-45-27-22-20-25-43(45)42(9-2)44-26-21-23-28-46(44)47;1-6-18-19-11-7-9-13-21(19)23(22-14-10-8-12-20(18)22)16-25-17(2)15-24(3,4)5;1-6-8(4,5)9-7(2)3;1-2;/h20-23,25-30,34,48H,3,5-6,8-19,24,31-33,35H2,1-2,4,7H3;7-14,25H,2,6,15-16H2,1,3-5H3;2,6H2,1,3-5H3;1-2H3;1H4. The van der Waals surface area contributed by atoms with E-state index in [2.05, 4.69) is 240 Å². The molecule has 0 spiro atoms. The van der Waals surface area contributed by atoms with Gasteiger partial charge in [-0.3, -0.25) is 0 Å². The SMILES string of the molecule is C.C=C(C)Cc1cc(C(=C)NCCCCCCCCCCCCCC)ccc1CC(=C)N(C)Cc1c2ccccc2c(CC)c2ccccc12.C=C(C)OC(C)(C)CC.C=C(CC(C)(C)C)NCc1c2ccccc2c(CC)c2ccccc12.CC. The molecule has 7 aromatic carbocycles. The normalized spacial score (nSPS) is 11.1. The van der Waals surface area contributed by atoms with E-state index in [0.717, 1.165) is 81.0 Å². The summed E-state index contributed by atoms with van der Waals surface area (Å²) in [6, 6.07) is 42.2. The van der Waals surface area contributed by atoms with E-state index < -0.39 is 0 Å². The number of nitrogens with one attached hydrogen (secondary N) is 2. The zero-order valence-corrected chi connectivity index (χ0v) is 56.2. The maximum absolute atomic E-state index is 5.39. The first kappa shape index (κ1) is 73.7. The predicted molar refractivity (Wildman–Crippen MR) is 387 cm³/mol. The van der Waals surface area contributed by atoms with Gasteiger partial charge in [-0.15, -0.1) is 0 Å². The molecule has 0 saturated heterocycles. The van der Waals surface area contributed by atoms with Gasteiger partial charge in [0.25, 0.3) is 0 Å². The second-order valence-electron chi connectivity index (χ2n) is 25.4. The highest BCUT2D eigenvalue weighted by molar-refractivity contribution is 6.07. The largest absolute Gasteiger partial charge is 0.493 e. The first-order valence-electron chi connectivity index (χ1n) is 32.9. The third-order valence-electron chi connectivity index (χ3n) is 16.3. The Morgan fingerprint density at radius 1 is 0.500 bits per heavy atom. The number of aryl methyl sites for hydroxylation is 2. The van der Waals surface area contributed by atoms with Gasteiger partial charge in [0.15, 0.2) is 0 Å². The lowest BCUT2D eigenvalue weighted by Crippen LogP contribution is -2.21. The van der Waals surface area contributed by atoms with Crippen LogP contribution in [0, 0.1) is 5.41 Å². The van der Waals surface area contributed by atoms with Gasteiger partial charge < -0.3 is 20.3 Å². The summed E-state index contributed by atoms with van der Waals surface area (Å²) in [5.74, 6) is 0.793. The fraction of sp³-hybridized carbons (Fsp3) is 0.463. The van der Waals surface area contributed by atoms with E-state index in [9.17, 15) is 0 Å². The molecule has 468 valence electrons. The lowest BCUT2D eigenvalue weighted by molar-refractivity contribution is 0.0336. The highest BCUT2D eigenvalue weighted by atomic mass is 16.5. The van der Waals surface area contributed by atoms with Gasteiger partial charge in [0.2, 0.25) is 0 Å². The molecule has 7 rings (SSSR count). The Labute approximate surface area is 526 Å². The molecule has 4 nitrogen and oxygen atoms in total. The van der Waals surface area contributed by atoms with Gasteiger partial charge in [-0.25, -0.2) is 0 Å². The van der Waals surface area contributed by atoms with E-state index in [-0.39, 0.29) is 18.4 Å². The zero-order valence-electron chi connectivity index (χ0n) is 56.2. The summed E-state index contributed by atoms with van der Waals surface area (Å²) in [5.41, 5.74) is 14.1. The molecule has 7 aromatic rings. The highest BCUT2D eigenvalue weighted by Crippen LogP contribution is 2.36. The van der Waals surface area contributed by atoms with Crippen LogP contribution in [-0.2, 0) is 43.5 Å². The summed E-state index contributed by atoms with van der Waals surface area (Å²) < 4.78 is 5.39. The molecule has 0 aliphatic carbocycles. The Morgan fingerprint density at radius 2 is 0.907 bits per heavy atom. The van der Waals surface area contributed by atoms with E-state index in [1.807, 2.05) is 20.8 Å². The van der Waals surface area contributed by atoms with Crippen molar-refractivity contribution in [3.05, 3.63) is 210 Å². The van der Waals surface area contributed by atoms with Crippen LogP contribution in [-0.4, -0.2) is 24.1 Å². The van der Waals surface area contributed by atoms with Crippen molar-refractivity contribution in [2.75, 3.05) is 13.6 Å². The number of unbranched alkanes of at least 4 members (excludes halogenated alkanes) is 11. The molecule has 0 aromatic heterocycles. The molecule has 2 N–H and O–H groups in total. The van der Waals surface area contributed by atoms with Gasteiger partial charge in [-0.1, -0.05) is 288 Å². The van der Waals surface area contributed by atoms with E-state index in [1.165, 1.54) is 165 Å². The summed E-state index contributed by atoms with van der Waals surface area (Å²) >= 11 is 0. The first-order valence-corrected chi connectivity index (χ1v) is 32.9. The first-order chi connectivity index (χ1) is 40.7. The lowest BCUT2D eigenvalue weighted by atomic mass is 9.89. The molecule has 0 bridgehead atoms. The average Bonchev–Trinajstić information content (AvgIpc) is 1.95. The van der Waals surface area contributed by atoms with Crippen molar-refractivity contribution in [3.8, 4) is 0 Å². The molecule has 0 amide bonds. The maximum Gasteiger partial charge on any atom is 0.103 e. The zero-order chi connectivity index (χ0) is 62.5. The molecule has 4 heteroatoms. The highest BCUT2D eigenvalue weighted by Gasteiger charge is 2.19. The number of nitrogens with zero attached hydrogens (tertiary/aromatic N) is 1. The van der Waals surface area contributed by atoms with Crippen LogP contribution in [0.15, 0.2) is 171 Å². The topological polar surface area (TPSA) is 36.5 Å². The Kier molecular flexibility index (Phi) is 32.5. The van der Waals surface area contributed by atoms with Gasteiger partial charge >= 0.3 is 0 Å². The second kappa shape index (κ2) is 37.9. The predicted octanol–water partition coefficient (Wildman–Crippen LogP) is 24.1. The van der Waals surface area contributed by atoms with Crippen LogP contribution in [0.4, 0.5) is 0 Å². The Bertz CT molecular complexity index is 3120. The van der Waals surface area contributed by atoms with Crippen molar-refractivity contribution in [2.24, 2.45) is 5.41 Å². The Morgan fingerprint density at radius 3 is 1.28 bits per heavy atom. The van der Waals surface area contributed by atoms with Gasteiger partial charge in [0.1, 0.15) is 5.60 Å². The van der Waals surface area contributed by atoms with Gasteiger partial charge in [0, 0.05) is 50.2 Å². The molecular formula is C82H119N3O. The molecule has 0 aliphatic rings. The lowest BCUT2D eigenvalue weighted by Gasteiger charge is -2.26. The van der Waals surface area contributed by atoms with Crippen LogP contribution in [0.25, 0.3) is 48.8 Å². The smallest absolute Gasteiger partial charge is 0.103 e. The van der Waals surface area contributed by atoms with E-state index in [4.69, 9.17) is 4.74 Å². The van der Waals surface area contributed by atoms with Crippen LogP contribution in [0.5, 0.6) is 0 Å². The van der Waals surface area contributed by atoms with Crippen LogP contribution in [0.1, 0.15) is 226 Å². The molecule has 0 unspecified atom stereocenters. The van der Waals surface area contributed by atoms with Crippen molar-refractivity contribution in [1.29, 1.82) is 0 Å². The summed E-state index contributed by atoms with van der Waals surface area (Å²) in [6.45, 7) is 51.5.